The summed E-state index contributed by atoms with van der Waals surface area (Å²) >= 11 is 5.91. The molecule has 0 bridgehead atoms. The van der Waals surface area contributed by atoms with E-state index in [2.05, 4.69) is 16.2 Å². The fourth-order valence-electron chi connectivity index (χ4n) is 2.04. The molecule has 0 aliphatic rings. The van der Waals surface area contributed by atoms with Crippen molar-refractivity contribution < 1.29 is 19.1 Å². The molecule has 7 nitrogen and oxygen atoms in total. The van der Waals surface area contributed by atoms with Crippen LogP contribution in [0, 0.1) is 0 Å². The normalized spacial score (nSPS) is 10.3. The van der Waals surface area contributed by atoms with Gasteiger partial charge in [-0.05, 0) is 23.8 Å². The minimum atomic E-state index is -0.539. The van der Waals surface area contributed by atoms with Gasteiger partial charge in [0.2, 0.25) is 11.8 Å². The van der Waals surface area contributed by atoms with E-state index in [0.29, 0.717) is 10.8 Å². The van der Waals surface area contributed by atoms with Crippen molar-refractivity contribution in [3.8, 4) is 5.75 Å². The molecule has 0 spiro atoms. The maximum absolute atomic E-state index is 11.7. The zero-order chi connectivity index (χ0) is 20.2. The number of benzene rings is 2. The third kappa shape index (κ3) is 7.92. The number of hydrazine groups is 1. The number of carbonyl (C=O) groups is 3. The van der Waals surface area contributed by atoms with Crippen LogP contribution >= 0.6 is 11.6 Å². The molecular weight excluding hydrogens is 382 g/mol. The number of carbonyl (C=O) groups excluding carboxylic acids is 3. The zero-order valence-corrected chi connectivity index (χ0v) is 15.7. The Bertz CT molecular complexity index is 840. The molecule has 0 unspecified atom stereocenters. The number of nitrogens with one attached hydrogen (secondary N) is 3. The van der Waals surface area contributed by atoms with Crippen molar-refractivity contribution in [3.05, 3.63) is 71.3 Å². The molecule has 0 heterocycles. The number of para-hydroxylation sites is 1. The highest BCUT2D eigenvalue weighted by atomic mass is 35.5. The molecule has 2 aromatic carbocycles. The van der Waals surface area contributed by atoms with Gasteiger partial charge in [0.25, 0.3) is 5.91 Å². The lowest BCUT2D eigenvalue weighted by Gasteiger charge is -2.09. The summed E-state index contributed by atoms with van der Waals surface area (Å²) in [6, 6.07) is 16.1. The summed E-state index contributed by atoms with van der Waals surface area (Å²) in [5.41, 5.74) is 5.37. The first-order chi connectivity index (χ1) is 13.5. The fourth-order valence-corrected chi connectivity index (χ4v) is 2.23. The highest BCUT2D eigenvalue weighted by molar-refractivity contribution is 6.32. The second kappa shape index (κ2) is 11.4. The summed E-state index contributed by atoms with van der Waals surface area (Å²) in [6.07, 6.45) is 3.08. The number of rotatable bonds is 8. The Morgan fingerprint density at radius 2 is 1.61 bits per heavy atom. The van der Waals surface area contributed by atoms with E-state index in [-0.39, 0.29) is 25.5 Å². The van der Waals surface area contributed by atoms with E-state index in [1.807, 2.05) is 30.3 Å². The third-order valence-electron chi connectivity index (χ3n) is 3.41. The monoisotopic (exact) mass is 401 g/mol. The summed E-state index contributed by atoms with van der Waals surface area (Å²) in [6.45, 7) is -0.166. The number of hydrogen-bond acceptors (Lipinski definition) is 4. The molecule has 0 aliphatic carbocycles. The van der Waals surface area contributed by atoms with Crippen LogP contribution in [-0.2, 0) is 14.4 Å². The summed E-state index contributed by atoms with van der Waals surface area (Å²) in [5, 5.41) is 2.97. The van der Waals surface area contributed by atoms with Gasteiger partial charge >= 0.3 is 0 Å². The van der Waals surface area contributed by atoms with Crippen LogP contribution in [0.3, 0.4) is 0 Å². The minimum Gasteiger partial charge on any atom is -0.482 e. The van der Waals surface area contributed by atoms with Crippen molar-refractivity contribution in [1.82, 2.24) is 16.2 Å². The quantitative estimate of drug-likeness (QED) is 0.466. The van der Waals surface area contributed by atoms with Crippen LogP contribution in [0.1, 0.15) is 12.0 Å². The highest BCUT2D eigenvalue weighted by Crippen LogP contribution is 2.22. The van der Waals surface area contributed by atoms with Crippen molar-refractivity contribution in [3.63, 3.8) is 0 Å². The molecule has 8 heteroatoms. The van der Waals surface area contributed by atoms with Crippen LogP contribution in [0.4, 0.5) is 0 Å². The van der Waals surface area contributed by atoms with Gasteiger partial charge in [-0.25, -0.2) is 0 Å². The van der Waals surface area contributed by atoms with Gasteiger partial charge in [0, 0.05) is 19.0 Å². The van der Waals surface area contributed by atoms with Gasteiger partial charge in [-0.2, -0.15) is 0 Å². The topological polar surface area (TPSA) is 96.5 Å². The average molecular weight is 402 g/mol. The lowest BCUT2D eigenvalue weighted by Crippen LogP contribution is -2.44. The maximum Gasteiger partial charge on any atom is 0.276 e. The second-order valence-corrected chi connectivity index (χ2v) is 6.01. The van der Waals surface area contributed by atoms with Crippen molar-refractivity contribution in [1.29, 1.82) is 0 Å². The summed E-state index contributed by atoms with van der Waals surface area (Å²) in [7, 11) is 0. The molecule has 28 heavy (non-hydrogen) atoms. The minimum absolute atomic E-state index is 0.0105. The Morgan fingerprint density at radius 3 is 2.36 bits per heavy atom. The molecule has 3 amide bonds. The predicted octanol–water partition coefficient (Wildman–Crippen LogP) is 2.09. The molecule has 0 fully saturated rings. The van der Waals surface area contributed by atoms with E-state index < -0.39 is 11.8 Å². The Balaban J connectivity index is 1.59. The number of amides is 3. The summed E-state index contributed by atoms with van der Waals surface area (Å²) in [4.78, 5) is 35.0. The zero-order valence-electron chi connectivity index (χ0n) is 15.0. The molecule has 146 valence electrons. The van der Waals surface area contributed by atoms with Gasteiger partial charge in [0.05, 0.1) is 5.02 Å². The first kappa shape index (κ1) is 21.0. The van der Waals surface area contributed by atoms with Crippen molar-refractivity contribution >= 4 is 35.4 Å². The van der Waals surface area contributed by atoms with E-state index >= 15 is 0 Å². The van der Waals surface area contributed by atoms with E-state index in [1.54, 1.807) is 30.3 Å². The van der Waals surface area contributed by atoms with E-state index in [4.69, 9.17) is 16.3 Å². The average Bonchev–Trinajstić information content (AvgIpc) is 2.71. The molecule has 0 saturated heterocycles. The van der Waals surface area contributed by atoms with Crippen molar-refractivity contribution in [2.45, 2.75) is 6.42 Å². The van der Waals surface area contributed by atoms with Gasteiger partial charge in [0.15, 0.2) is 6.61 Å². The Morgan fingerprint density at radius 1 is 0.929 bits per heavy atom. The lowest BCUT2D eigenvalue weighted by atomic mass is 10.2. The third-order valence-corrected chi connectivity index (χ3v) is 3.73. The van der Waals surface area contributed by atoms with E-state index in [0.717, 1.165) is 5.56 Å². The number of hydrogen-bond donors (Lipinski definition) is 3. The fraction of sp³-hybridized carbons (Fsp3) is 0.150. The van der Waals surface area contributed by atoms with Crippen LogP contribution in [0.2, 0.25) is 5.02 Å². The maximum atomic E-state index is 11.7. The molecule has 0 atom stereocenters. The summed E-state index contributed by atoms with van der Waals surface area (Å²) in [5.74, 6) is -0.924. The van der Waals surface area contributed by atoms with Crippen LogP contribution in [0.15, 0.2) is 60.7 Å². The smallest absolute Gasteiger partial charge is 0.276 e. The SMILES string of the molecule is O=C(/C=C/c1ccccc1)NCCC(=O)NNC(=O)COc1ccccc1Cl. The van der Waals surface area contributed by atoms with Gasteiger partial charge in [-0.1, -0.05) is 54.1 Å². The first-order valence-electron chi connectivity index (χ1n) is 8.50. The summed E-state index contributed by atoms with van der Waals surface area (Å²) < 4.78 is 5.25. The Labute approximate surface area is 167 Å². The molecule has 0 saturated carbocycles. The molecule has 0 aromatic heterocycles. The second-order valence-electron chi connectivity index (χ2n) is 5.60. The molecular formula is C20H20ClN3O4. The standard InChI is InChI=1S/C20H20ClN3O4/c21-16-8-4-5-9-17(16)28-14-20(27)24-23-19(26)12-13-22-18(25)11-10-15-6-2-1-3-7-15/h1-11H,12-14H2,(H,22,25)(H,23,26)(H,24,27)/b11-10+. The van der Waals surface area contributed by atoms with Crippen LogP contribution in [0.25, 0.3) is 6.08 Å². The van der Waals surface area contributed by atoms with Crippen LogP contribution < -0.4 is 20.9 Å². The van der Waals surface area contributed by atoms with E-state index in [1.165, 1.54) is 6.08 Å². The molecule has 3 N–H and O–H groups in total. The van der Waals surface area contributed by atoms with Gasteiger partial charge in [-0.15, -0.1) is 0 Å². The molecule has 0 radical (unpaired) electrons. The van der Waals surface area contributed by atoms with Crippen LogP contribution in [0.5, 0.6) is 5.75 Å². The highest BCUT2D eigenvalue weighted by Gasteiger charge is 2.07. The molecule has 2 rings (SSSR count). The predicted molar refractivity (Wildman–Crippen MR) is 106 cm³/mol. The van der Waals surface area contributed by atoms with Crippen LogP contribution in [-0.4, -0.2) is 30.9 Å². The molecule has 0 aliphatic heterocycles. The van der Waals surface area contributed by atoms with Crippen molar-refractivity contribution in [2.75, 3.05) is 13.2 Å². The molecule has 2 aromatic rings. The number of halogens is 1. The number of ether oxygens (including phenoxy) is 1. The largest absolute Gasteiger partial charge is 0.482 e. The van der Waals surface area contributed by atoms with Crippen molar-refractivity contribution in [2.24, 2.45) is 0 Å². The first-order valence-corrected chi connectivity index (χ1v) is 8.88. The lowest BCUT2D eigenvalue weighted by molar-refractivity contribution is -0.130. The Kier molecular flexibility index (Phi) is 8.55. The van der Waals surface area contributed by atoms with Gasteiger partial charge in [-0.3, -0.25) is 25.2 Å². The Hall–Kier alpha value is -3.32. The van der Waals surface area contributed by atoms with E-state index in [9.17, 15) is 14.4 Å². The van der Waals surface area contributed by atoms with Gasteiger partial charge < -0.3 is 10.1 Å². The van der Waals surface area contributed by atoms with Gasteiger partial charge in [0.1, 0.15) is 5.75 Å².